The number of thiophene rings is 1. The lowest BCUT2D eigenvalue weighted by molar-refractivity contribution is -0.136. The molecule has 1 fully saturated rings. The Hall–Kier alpha value is -2.20. The minimum Gasteiger partial charge on any atom is -0.322 e. The number of hydrogen-bond acceptors (Lipinski definition) is 5. The first kappa shape index (κ1) is 11.9. The molecule has 6 nitrogen and oxygen atoms in total. The molecule has 1 aromatic heterocycles. The molecule has 7 heteroatoms. The van der Waals surface area contributed by atoms with Crippen molar-refractivity contribution in [3.05, 3.63) is 21.4 Å². The normalized spacial score (nSPS) is 22.2. The molecule has 0 saturated carbocycles. The fraction of sp³-hybridized carbons (Fsp3) is 0.333. The minimum absolute atomic E-state index is 0.234. The van der Waals surface area contributed by atoms with Gasteiger partial charge in [0, 0.05) is 23.9 Å². The zero-order valence-corrected chi connectivity index (χ0v) is 10.6. The standard InChI is InChI=1S/C12H9N3O3S/c13-3-9-6-4-15(12(18)7(6)5-19-9)8-1-2-10(16)14-11(8)17/h5,8H,1-2,4H2,(H,14,16,17). The molecule has 1 N–H and O–H groups in total. The first-order chi connectivity index (χ1) is 9.11. The average Bonchev–Trinajstić information content (AvgIpc) is 2.91. The van der Waals surface area contributed by atoms with E-state index in [0.29, 0.717) is 22.4 Å². The fourth-order valence-corrected chi connectivity index (χ4v) is 3.29. The molecule has 0 radical (unpaired) electrons. The van der Waals surface area contributed by atoms with Gasteiger partial charge in [0.25, 0.3) is 5.91 Å². The first-order valence-electron chi connectivity index (χ1n) is 5.77. The third-order valence-corrected chi connectivity index (χ3v) is 4.33. The third kappa shape index (κ3) is 1.72. The molecule has 1 atom stereocenters. The highest BCUT2D eigenvalue weighted by Gasteiger charge is 2.40. The molecular weight excluding hydrogens is 266 g/mol. The van der Waals surface area contributed by atoms with Crippen molar-refractivity contribution in [2.75, 3.05) is 0 Å². The topological polar surface area (TPSA) is 90.3 Å². The van der Waals surface area contributed by atoms with Crippen LogP contribution in [-0.4, -0.2) is 28.7 Å². The third-order valence-electron chi connectivity index (χ3n) is 3.40. The number of carbonyl (C=O) groups is 3. The van der Waals surface area contributed by atoms with E-state index in [0.717, 1.165) is 0 Å². The summed E-state index contributed by atoms with van der Waals surface area (Å²) in [5, 5.41) is 12.9. The van der Waals surface area contributed by atoms with Crippen molar-refractivity contribution in [1.82, 2.24) is 10.2 Å². The molecule has 0 spiro atoms. The largest absolute Gasteiger partial charge is 0.322 e. The molecule has 3 rings (SSSR count). The number of hydrogen-bond donors (Lipinski definition) is 1. The lowest BCUT2D eigenvalue weighted by Gasteiger charge is -2.29. The summed E-state index contributed by atoms with van der Waals surface area (Å²) in [5.41, 5.74) is 1.20. The van der Waals surface area contributed by atoms with Gasteiger partial charge in [0.1, 0.15) is 17.0 Å². The van der Waals surface area contributed by atoms with Gasteiger partial charge in [0.05, 0.1) is 5.56 Å². The number of nitrogens with zero attached hydrogens (tertiary/aromatic N) is 2. The van der Waals surface area contributed by atoms with Crippen molar-refractivity contribution in [3.8, 4) is 6.07 Å². The summed E-state index contributed by atoms with van der Waals surface area (Å²) in [6.07, 6.45) is 0.574. The van der Waals surface area contributed by atoms with Crippen LogP contribution < -0.4 is 5.32 Å². The van der Waals surface area contributed by atoms with Crippen LogP contribution in [0.3, 0.4) is 0 Å². The lowest BCUT2D eigenvalue weighted by Crippen LogP contribution is -2.52. The molecule has 0 aromatic carbocycles. The number of nitrogens with one attached hydrogen (secondary N) is 1. The molecule has 1 saturated heterocycles. The molecule has 3 heterocycles. The highest BCUT2D eigenvalue weighted by atomic mass is 32.1. The molecule has 0 aliphatic carbocycles. The van der Waals surface area contributed by atoms with Gasteiger partial charge in [-0.1, -0.05) is 0 Å². The fourth-order valence-electron chi connectivity index (χ4n) is 2.44. The summed E-state index contributed by atoms with van der Waals surface area (Å²) in [7, 11) is 0. The van der Waals surface area contributed by atoms with Crippen LogP contribution >= 0.6 is 11.3 Å². The van der Waals surface area contributed by atoms with Crippen LogP contribution in [0, 0.1) is 11.3 Å². The molecule has 2 aliphatic heterocycles. The van der Waals surface area contributed by atoms with Crippen LogP contribution in [0.15, 0.2) is 5.38 Å². The molecule has 2 aliphatic rings. The van der Waals surface area contributed by atoms with Crippen molar-refractivity contribution in [1.29, 1.82) is 5.26 Å². The van der Waals surface area contributed by atoms with Gasteiger partial charge in [-0.05, 0) is 6.42 Å². The number of fused-ring (bicyclic) bond motifs is 1. The molecule has 1 aromatic rings. The van der Waals surface area contributed by atoms with Gasteiger partial charge in [-0.3, -0.25) is 19.7 Å². The Morgan fingerprint density at radius 1 is 1.42 bits per heavy atom. The Morgan fingerprint density at radius 3 is 2.89 bits per heavy atom. The first-order valence-corrected chi connectivity index (χ1v) is 6.65. The second-order valence-electron chi connectivity index (χ2n) is 4.47. The van der Waals surface area contributed by atoms with Crippen LogP contribution in [-0.2, 0) is 16.1 Å². The number of rotatable bonds is 1. The van der Waals surface area contributed by atoms with E-state index in [1.165, 1.54) is 16.2 Å². The maximum absolute atomic E-state index is 12.2. The number of carbonyl (C=O) groups excluding carboxylic acids is 3. The quantitative estimate of drug-likeness (QED) is 0.750. The molecule has 0 bridgehead atoms. The van der Waals surface area contributed by atoms with E-state index in [1.807, 2.05) is 0 Å². The van der Waals surface area contributed by atoms with E-state index in [9.17, 15) is 14.4 Å². The summed E-state index contributed by atoms with van der Waals surface area (Å²) in [5.74, 6) is -0.973. The van der Waals surface area contributed by atoms with Crippen LogP contribution in [0.4, 0.5) is 0 Å². The van der Waals surface area contributed by atoms with Gasteiger partial charge in [-0.2, -0.15) is 5.26 Å². The van der Waals surface area contributed by atoms with E-state index in [2.05, 4.69) is 11.4 Å². The predicted molar refractivity (Wildman–Crippen MR) is 65.1 cm³/mol. The van der Waals surface area contributed by atoms with Crippen LogP contribution in [0.2, 0.25) is 0 Å². The van der Waals surface area contributed by atoms with E-state index >= 15 is 0 Å². The number of amides is 3. The van der Waals surface area contributed by atoms with Crippen molar-refractivity contribution in [2.24, 2.45) is 0 Å². The van der Waals surface area contributed by atoms with Gasteiger partial charge in [-0.15, -0.1) is 11.3 Å². The predicted octanol–water partition coefficient (Wildman–Crippen LogP) is 0.381. The Kier molecular flexibility index (Phi) is 2.61. The smallest absolute Gasteiger partial charge is 0.256 e. The second-order valence-corrected chi connectivity index (χ2v) is 5.35. The Morgan fingerprint density at radius 2 is 2.21 bits per heavy atom. The van der Waals surface area contributed by atoms with Crippen molar-refractivity contribution < 1.29 is 14.4 Å². The maximum Gasteiger partial charge on any atom is 0.256 e. The van der Waals surface area contributed by atoms with E-state index < -0.39 is 11.9 Å². The van der Waals surface area contributed by atoms with Crippen LogP contribution in [0.5, 0.6) is 0 Å². The monoisotopic (exact) mass is 275 g/mol. The zero-order chi connectivity index (χ0) is 13.6. The maximum atomic E-state index is 12.2. The second kappa shape index (κ2) is 4.17. The molecule has 1 unspecified atom stereocenters. The summed E-state index contributed by atoms with van der Waals surface area (Å²) in [6.45, 7) is 0.271. The summed E-state index contributed by atoms with van der Waals surface area (Å²) in [6, 6.07) is 1.44. The molecule has 96 valence electrons. The zero-order valence-electron chi connectivity index (χ0n) is 9.80. The van der Waals surface area contributed by atoms with E-state index in [4.69, 9.17) is 5.26 Å². The van der Waals surface area contributed by atoms with Gasteiger partial charge in [-0.25, -0.2) is 0 Å². The van der Waals surface area contributed by atoms with E-state index in [-0.39, 0.29) is 24.8 Å². The Bertz CT molecular complexity index is 643. The average molecular weight is 275 g/mol. The molecule has 19 heavy (non-hydrogen) atoms. The van der Waals surface area contributed by atoms with Gasteiger partial charge in [0.2, 0.25) is 11.8 Å². The lowest BCUT2D eigenvalue weighted by atomic mass is 10.0. The SMILES string of the molecule is N#Cc1scc2c1CN(C1CCC(=O)NC1=O)C2=O. The summed E-state index contributed by atoms with van der Waals surface area (Å²) < 4.78 is 0. The van der Waals surface area contributed by atoms with Gasteiger partial charge < -0.3 is 4.90 Å². The van der Waals surface area contributed by atoms with Crippen LogP contribution in [0.1, 0.15) is 33.6 Å². The van der Waals surface area contributed by atoms with Gasteiger partial charge >= 0.3 is 0 Å². The summed E-state index contributed by atoms with van der Waals surface area (Å²) >= 11 is 1.24. The highest BCUT2D eigenvalue weighted by Crippen LogP contribution is 2.33. The number of piperidine rings is 1. The van der Waals surface area contributed by atoms with Crippen molar-refractivity contribution >= 4 is 29.1 Å². The molecule has 3 amide bonds. The number of nitriles is 1. The minimum atomic E-state index is -0.617. The number of imide groups is 1. The van der Waals surface area contributed by atoms with Crippen molar-refractivity contribution in [2.45, 2.75) is 25.4 Å². The van der Waals surface area contributed by atoms with E-state index in [1.54, 1.807) is 5.38 Å². The molecular formula is C12H9N3O3S. The Balaban J connectivity index is 1.88. The van der Waals surface area contributed by atoms with Gasteiger partial charge in [0.15, 0.2) is 0 Å². The van der Waals surface area contributed by atoms with Crippen molar-refractivity contribution in [3.63, 3.8) is 0 Å². The summed E-state index contributed by atoms with van der Waals surface area (Å²) in [4.78, 5) is 37.1. The van der Waals surface area contributed by atoms with Crippen LogP contribution in [0.25, 0.3) is 0 Å². The highest BCUT2D eigenvalue weighted by molar-refractivity contribution is 7.11. The Labute approximate surface area is 112 Å².